The smallest absolute Gasteiger partial charge is 0.0547 e. The maximum atomic E-state index is 2.36. The summed E-state index contributed by atoms with van der Waals surface area (Å²) in [5.41, 5.74) is 35.2. The van der Waals surface area contributed by atoms with Gasteiger partial charge in [0.15, 0.2) is 0 Å². The molecule has 0 aliphatic rings. The van der Waals surface area contributed by atoms with Gasteiger partial charge in [-0.3, -0.25) is 0 Å². The minimum Gasteiger partial charge on any atom is -0.344 e. The van der Waals surface area contributed by atoms with Gasteiger partial charge >= 0.3 is 0 Å². The molecule has 132 heavy (non-hydrogen) atoms. The third-order valence-corrected chi connectivity index (χ3v) is 25.8. The second-order valence-corrected chi connectivity index (χ2v) is 34.3. The van der Waals surface area contributed by atoms with Crippen molar-refractivity contribution in [2.45, 2.75) is 34.6 Å². The van der Waals surface area contributed by atoms with Crippen LogP contribution in [0.25, 0.3) is 193 Å². The molecule has 26 rings (SSSR count). The summed E-state index contributed by atoms with van der Waals surface area (Å²) in [6, 6.07) is 173. The second kappa shape index (κ2) is 36.1. The molecule has 0 unspecified atom stereocenters. The van der Waals surface area contributed by atoms with Gasteiger partial charge in [-0.1, -0.05) is 357 Å². The molecular weight excluding hydrogens is 1600 g/mol. The predicted octanol–water partition coefficient (Wildman–Crippen LogP) is 33.8. The van der Waals surface area contributed by atoms with E-state index in [2.05, 4.69) is 554 Å². The van der Waals surface area contributed by atoms with Crippen LogP contribution in [0.5, 0.6) is 0 Å². The van der Waals surface area contributed by atoms with Crippen LogP contribution in [0.1, 0.15) is 27.8 Å². The molecule has 0 saturated heterocycles. The van der Waals surface area contributed by atoms with Gasteiger partial charge in [-0.05, 0) is 224 Å². The maximum absolute atomic E-state index is 2.36. The summed E-state index contributed by atoms with van der Waals surface area (Å²) in [6.07, 6.45) is 0. The van der Waals surface area contributed by atoms with E-state index >= 15 is 0 Å². The SMILES string of the molecule is Cc1ccc(-c2ccc3c(c2)c2ccccc2n3-c2ccccc2)cc1.Cc1ccc(-c2ccc3c4ccccc4n(-c4ccccc4)c3c2)cc1.Cc1ccc2c3ccccc3n(-c3ccccc3)c2c1.Cc1cccc(-n2c3ccccc3c3ccccc32)c1.Cc1ccccc1-n1c2ccccc2c2ccccc21.Cn1c2ccccc2c2cc(-c3ccccc3)ccc21. The molecule has 6 heteroatoms. The number of para-hydroxylation sites is 12. The molecule has 0 N–H and O–H groups in total. The van der Waals surface area contributed by atoms with E-state index in [9.17, 15) is 0 Å². The van der Waals surface area contributed by atoms with Gasteiger partial charge in [0.05, 0.1) is 55.2 Å². The first-order chi connectivity index (χ1) is 65.0. The zero-order valence-corrected chi connectivity index (χ0v) is 74.9. The fourth-order valence-electron chi connectivity index (χ4n) is 19.4. The molecule has 6 nitrogen and oxygen atoms in total. The molecule has 0 saturated carbocycles. The minimum atomic E-state index is 1.19. The molecule has 20 aromatic carbocycles. The van der Waals surface area contributed by atoms with Crippen molar-refractivity contribution >= 4 is 131 Å². The van der Waals surface area contributed by atoms with Crippen molar-refractivity contribution in [1.29, 1.82) is 0 Å². The number of nitrogens with zero attached hydrogens (tertiary/aromatic N) is 6. The Morgan fingerprint density at radius 1 is 0.136 bits per heavy atom. The number of hydrogen-bond acceptors (Lipinski definition) is 0. The van der Waals surface area contributed by atoms with Gasteiger partial charge in [-0.2, -0.15) is 0 Å². The van der Waals surface area contributed by atoms with Crippen molar-refractivity contribution in [3.8, 4) is 61.8 Å². The van der Waals surface area contributed by atoms with Crippen molar-refractivity contribution in [3.63, 3.8) is 0 Å². The lowest BCUT2D eigenvalue weighted by Gasteiger charge is -2.10. The molecule has 6 aromatic heterocycles. The van der Waals surface area contributed by atoms with Crippen LogP contribution in [-0.2, 0) is 7.05 Å². The molecule has 0 fully saturated rings. The monoisotopic (exact) mass is 1690 g/mol. The molecule has 0 aliphatic carbocycles. The largest absolute Gasteiger partial charge is 0.344 e. The van der Waals surface area contributed by atoms with E-state index in [1.54, 1.807) is 0 Å². The van der Waals surface area contributed by atoms with Crippen LogP contribution in [0, 0.1) is 34.6 Å². The van der Waals surface area contributed by atoms with E-state index in [4.69, 9.17) is 0 Å². The Balaban J connectivity index is 0.0000000959. The number of hydrogen-bond donors (Lipinski definition) is 0. The van der Waals surface area contributed by atoms with E-state index in [0.29, 0.717) is 0 Å². The van der Waals surface area contributed by atoms with Crippen molar-refractivity contribution in [3.05, 3.63) is 513 Å². The maximum Gasteiger partial charge on any atom is 0.0547 e. The quantitative estimate of drug-likeness (QED) is 0.145. The fraction of sp³-hybridized carbons (Fsp3) is 0.0476. The van der Waals surface area contributed by atoms with Crippen molar-refractivity contribution in [2.75, 3.05) is 0 Å². The highest BCUT2D eigenvalue weighted by Gasteiger charge is 2.20. The fourth-order valence-corrected chi connectivity index (χ4v) is 19.4. The van der Waals surface area contributed by atoms with E-state index in [0.717, 1.165) is 0 Å². The Hall–Kier alpha value is -16.8. The van der Waals surface area contributed by atoms with Crippen LogP contribution in [0.4, 0.5) is 0 Å². The highest BCUT2D eigenvalue weighted by atomic mass is 15.0. The topological polar surface area (TPSA) is 29.6 Å². The van der Waals surface area contributed by atoms with E-state index in [1.807, 2.05) is 0 Å². The number of rotatable bonds is 8. The highest BCUT2D eigenvalue weighted by Crippen LogP contribution is 2.41. The summed E-state index contributed by atoms with van der Waals surface area (Å²) in [4.78, 5) is 0. The van der Waals surface area contributed by atoms with E-state index in [-0.39, 0.29) is 0 Å². The lowest BCUT2D eigenvalue weighted by molar-refractivity contribution is 1.01. The molecule has 0 amide bonds. The Morgan fingerprint density at radius 2 is 0.394 bits per heavy atom. The summed E-state index contributed by atoms with van der Waals surface area (Å²) in [5.74, 6) is 0. The average Bonchev–Trinajstić information content (AvgIpc) is 1.59. The van der Waals surface area contributed by atoms with Crippen LogP contribution in [0.3, 0.4) is 0 Å². The van der Waals surface area contributed by atoms with Crippen LogP contribution in [0.2, 0.25) is 0 Å². The molecule has 632 valence electrons. The second-order valence-electron chi connectivity index (χ2n) is 34.3. The first-order valence-electron chi connectivity index (χ1n) is 45.5. The lowest BCUT2D eigenvalue weighted by Crippen LogP contribution is -1.96. The van der Waals surface area contributed by atoms with Gasteiger partial charge in [-0.15, -0.1) is 0 Å². The van der Waals surface area contributed by atoms with Crippen LogP contribution in [-0.4, -0.2) is 27.4 Å². The van der Waals surface area contributed by atoms with Crippen LogP contribution < -0.4 is 0 Å². The molecular formula is C126H98N6. The van der Waals surface area contributed by atoms with Crippen LogP contribution >= 0.6 is 0 Å². The predicted molar refractivity (Wildman–Crippen MR) is 564 cm³/mol. The first-order valence-corrected chi connectivity index (χ1v) is 45.5. The van der Waals surface area contributed by atoms with Gasteiger partial charge in [-0.25, -0.2) is 0 Å². The summed E-state index contributed by atoms with van der Waals surface area (Å²) in [6.45, 7) is 10.7. The molecule has 0 aliphatic heterocycles. The van der Waals surface area contributed by atoms with Crippen LogP contribution in [0.15, 0.2) is 485 Å². The Bertz CT molecular complexity index is 8570. The third-order valence-electron chi connectivity index (χ3n) is 25.8. The summed E-state index contributed by atoms with van der Waals surface area (Å²) in [5, 5.41) is 15.7. The first kappa shape index (κ1) is 82.2. The average molecular weight is 1700 g/mol. The zero-order chi connectivity index (χ0) is 89.1. The summed E-state index contributed by atoms with van der Waals surface area (Å²) in [7, 11) is 2.13. The molecule has 6 heterocycles. The Morgan fingerprint density at radius 3 is 0.826 bits per heavy atom. The summed E-state index contributed by atoms with van der Waals surface area (Å²) >= 11 is 0. The van der Waals surface area contributed by atoms with Crippen molar-refractivity contribution in [2.24, 2.45) is 7.05 Å². The highest BCUT2D eigenvalue weighted by molar-refractivity contribution is 6.15. The van der Waals surface area contributed by atoms with Gasteiger partial charge in [0, 0.05) is 111 Å². The lowest BCUT2D eigenvalue weighted by atomic mass is 10.0. The van der Waals surface area contributed by atoms with E-state index in [1.165, 1.54) is 220 Å². The van der Waals surface area contributed by atoms with E-state index < -0.39 is 0 Å². The normalized spacial score (nSPS) is 11.3. The van der Waals surface area contributed by atoms with Gasteiger partial charge in [0.2, 0.25) is 0 Å². The van der Waals surface area contributed by atoms with Gasteiger partial charge in [0.1, 0.15) is 0 Å². The number of aromatic nitrogens is 6. The Labute approximate surface area is 769 Å². The number of fused-ring (bicyclic) bond motifs is 18. The standard InChI is InChI=1S/2C25H19N.4C19H15N/c1-18-11-13-19(14-12-18)20-15-16-25-23(17-20)22-9-5-6-10-24(22)26(25)21-7-3-2-4-8-21;1-18-11-13-19(14-12-18)20-15-16-23-22-9-5-6-10-24(22)26(25(23)17-20)21-7-3-2-4-8-21;1-14-8-2-5-11-17(14)20-18-12-6-3-9-15(18)16-10-4-7-13-19(16)20;1-14-7-6-8-15(13-14)20-18-11-4-2-9-16(18)17-10-3-5-12-19(17)20;1-20-18-10-6-5-9-16(18)17-13-15(11-12-19(17)20)14-7-3-2-4-8-14;1-14-11-12-17-16-9-5-6-10-18(16)20(19(17)13-14)15-7-3-2-4-8-15/h2*2-17H,1H3;4*2-13H,1H3. The zero-order valence-electron chi connectivity index (χ0n) is 74.9. The molecule has 0 radical (unpaired) electrons. The van der Waals surface area contributed by atoms with Crippen molar-refractivity contribution in [1.82, 2.24) is 27.4 Å². The third kappa shape index (κ3) is 15.8. The molecule has 26 aromatic rings. The molecule has 0 bridgehead atoms. The molecule has 0 atom stereocenters. The van der Waals surface area contributed by atoms with Gasteiger partial charge in [0.25, 0.3) is 0 Å². The summed E-state index contributed by atoms with van der Waals surface area (Å²) < 4.78 is 14.0. The number of aryl methyl sites for hydroxylation is 6. The molecule has 0 spiro atoms. The van der Waals surface area contributed by atoms with Crippen molar-refractivity contribution < 1.29 is 0 Å². The number of benzene rings is 20. The minimum absolute atomic E-state index is 1.19. The van der Waals surface area contributed by atoms with Gasteiger partial charge < -0.3 is 27.4 Å². The Kier molecular flexibility index (Phi) is 22.5.